The highest BCUT2D eigenvalue weighted by Crippen LogP contribution is 2.25. The largest absolute Gasteiger partial charge is 0.461 e. The summed E-state index contributed by atoms with van der Waals surface area (Å²) in [7, 11) is 1.68. The van der Waals surface area contributed by atoms with Crippen LogP contribution in [-0.4, -0.2) is 51.2 Å². The van der Waals surface area contributed by atoms with Crippen LogP contribution in [0.3, 0.4) is 0 Å². The van der Waals surface area contributed by atoms with Gasteiger partial charge in [-0.15, -0.1) is 6.58 Å². The van der Waals surface area contributed by atoms with Gasteiger partial charge in [-0.3, -0.25) is 19.7 Å². The molecule has 0 fully saturated rings. The Bertz CT molecular complexity index is 1070. The number of non-ortho nitro benzene ring substituents is 1. The molecule has 1 heterocycles. The zero-order valence-corrected chi connectivity index (χ0v) is 18.9. The van der Waals surface area contributed by atoms with Crippen molar-refractivity contribution in [3.05, 3.63) is 75.1 Å². The van der Waals surface area contributed by atoms with Gasteiger partial charge in [-0.1, -0.05) is 6.08 Å². The fourth-order valence-electron chi connectivity index (χ4n) is 3.63. The Morgan fingerprint density at radius 2 is 1.84 bits per heavy atom. The van der Waals surface area contributed by atoms with Crippen molar-refractivity contribution in [2.45, 2.75) is 33.7 Å². The lowest BCUT2D eigenvalue weighted by Gasteiger charge is -2.27. The number of benzene rings is 1. The number of ether oxygens (including phenoxy) is 1. The van der Waals surface area contributed by atoms with E-state index in [2.05, 4.69) is 6.58 Å². The normalized spacial score (nSPS) is 11.5. The van der Waals surface area contributed by atoms with Gasteiger partial charge in [0.1, 0.15) is 5.69 Å². The second-order valence-electron chi connectivity index (χ2n) is 7.30. The predicted molar refractivity (Wildman–Crippen MR) is 119 cm³/mol. The third kappa shape index (κ3) is 4.61. The molecule has 170 valence electrons. The predicted octanol–water partition coefficient (Wildman–Crippen LogP) is 3.63. The molecule has 1 aromatic carbocycles. The van der Waals surface area contributed by atoms with Crippen molar-refractivity contribution in [3.63, 3.8) is 0 Å². The fourth-order valence-corrected chi connectivity index (χ4v) is 3.63. The molecule has 9 heteroatoms. The molecule has 0 spiro atoms. The van der Waals surface area contributed by atoms with Gasteiger partial charge >= 0.3 is 5.97 Å². The molecule has 1 unspecified atom stereocenters. The number of nitro groups is 1. The van der Waals surface area contributed by atoms with E-state index in [1.165, 1.54) is 35.2 Å². The lowest BCUT2D eigenvalue weighted by molar-refractivity contribution is -0.384. The minimum Gasteiger partial charge on any atom is -0.461 e. The first-order chi connectivity index (χ1) is 15.1. The lowest BCUT2D eigenvalue weighted by atomic mass is 9.99. The fraction of sp³-hybridized carbons (Fsp3) is 0.348. The number of esters is 1. The van der Waals surface area contributed by atoms with Crippen LogP contribution in [0.1, 0.15) is 56.3 Å². The van der Waals surface area contributed by atoms with Crippen LogP contribution in [0.25, 0.3) is 0 Å². The van der Waals surface area contributed by atoms with Crippen LogP contribution in [0.2, 0.25) is 0 Å². The minimum absolute atomic E-state index is 0.0956. The average molecular weight is 441 g/mol. The van der Waals surface area contributed by atoms with Crippen molar-refractivity contribution in [1.82, 2.24) is 9.47 Å². The molecule has 0 N–H and O–H groups in total. The van der Waals surface area contributed by atoms with E-state index in [0.29, 0.717) is 16.8 Å². The molecule has 0 aliphatic carbocycles. The first-order valence-electron chi connectivity index (χ1n) is 10.1. The van der Waals surface area contributed by atoms with Gasteiger partial charge in [0.2, 0.25) is 0 Å². The minimum atomic E-state index is -0.870. The van der Waals surface area contributed by atoms with Crippen molar-refractivity contribution in [1.29, 1.82) is 0 Å². The Kier molecular flexibility index (Phi) is 7.69. The van der Waals surface area contributed by atoms with E-state index in [4.69, 9.17) is 4.74 Å². The zero-order valence-electron chi connectivity index (χ0n) is 18.9. The number of rotatable bonds is 9. The van der Waals surface area contributed by atoms with Gasteiger partial charge in [0.05, 0.1) is 17.6 Å². The van der Waals surface area contributed by atoms with Crippen molar-refractivity contribution < 1.29 is 24.0 Å². The van der Waals surface area contributed by atoms with Gasteiger partial charge in [0.25, 0.3) is 11.6 Å². The molecule has 0 saturated heterocycles. The highest BCUT2D eigenvalue weighted by Gasteiger charge is 2.32. The SMILES string of the molecule is C=CCN(C(=O)c1ccc([N+](=O)[O-])cc1)C(C)C(=O)c1c(C)c(C(=O)OCC)n(C)c1C. The van der Waals surface area contributed by atoms with Gasteiger partial charge in [-0.05, 0) is 45.4 Å². The number of hydrogen-bond acceptors (Lipinski definition) is 6. The van der Waals surface area contributed by atoms with Crippen molar-refractivity contribution in [2.24, 2.45) is 7.05 Å². The van der Waals surface area contributed by atoms with Gasteiger partial charge in [-0.2, -0.15) is 0 Å². The van der Waals surface area contributed by atoms with Crippen LogP contribution in [-0.2, 0) is 11.8 Å². The second kappa shape index (κ2) is 10.0. The highest BCUT2D eigenvalue weighted by molar-refractivity contribution is 6.07. The van der Waals surface area contributed by atoms with Crippen LogP contribution in [0, 0.1) is 24.0 Å². The number of nitro benzene ring substituents is 1. The van der Waals surface area contributed by atoms with Gasteiger partial charge in [-0.25, -0.2) is 4.79 Å². The summed E-state index contributed by atoms with van der Waals surface area (Å²) < 4.78 is 6.72. The van der Waals surface area contributed by atoms with Gasteiger partial charge < -0.3 is 14.2 Å². The summed E-state index contributed by atoms with van der Waals surface area (Å²) in [4.78, 5) is 50.6. The maximum atomic E-state index is 13.4. The van der Waals surface area contributed by atoms with E-state index in [9.17, 15) is 24.5 Å². The smallest absolute Gasteiger partial charge is 0.355 e. The van der Waals surface area contributed by atoms with E-state index >= 15 is 0 Å². The number of hydrogen-bond donors (Lipinski definition) is 0. The van der Waals surface area contributed by atoms with Crippen LogP contribution in [0.15, 0.2) is 36.9 Å². The van der Waals surface area contributed by atoms with Crippen molar-refractivity contribution in [3.8, 4) is 0 Å². The van der Waals surface area contributed by atoms with E-state index in [-0.39, 0.29) is 35.9 Å². The average Bonchev–Trinajstić information content (AvgIpc) is 2.99. The Balaban J connectivity index is 2.43. The van der Waals surface area contributed by atoms with Crippen LogP contribution >= 0.6 is 0 Å². The number of nitrogens with zero attached hydrogens (tertiary/aromatic N) is 3. The van der Waals surface area contributed by atoms with E-state index < -0.39 is 22.8 Å². The van der Waals surface area contributed by atoms with E-state index in [1.54, 1.807) is 39.3 Å². The van der Waals surface area contributed by atoms with Crippen molar-refractivity contribution >= 4 is 23.3 Å². The second-order valence-corrected chi connectivity index (χ2v) is 7.30. The molecule has 0 aliphatic rings. The molecule has 0 bridgehead atoms. The topological polar surface area (TPSA) is 112 Å². The van der Waals surface area contributed by atoms with Crippen LogP contribution < -0.4 is 0 Å². The number of amides is 1. The number of carbonyl (C=O) groups excluding carboxylic acids is 3. The van der Waals surface area contributed by atoms with Gasteiger partial charge in [0, 0.05) is 42.5 Å². The molecule has 1 amide bonds. The van der Waals surface area contributed by atoms with Crippen LogP contribution in [0.4, 0.5) is 5.69 Å². The summed E-state index contributed by atoms with van der Waals surface area (Å²) >= 11 is 0. The summed E-state index contributed by atoms with van der Waals surface area (Å²) in [5.74, 6) is -1.31. The summed E-state index contributed by atoms with van der Waals surface area (Å²) in [6.45, 7) is 10.7. The quantitative estimate of drug-likeness (QED) is 0.193. The molecule has 1 aromatic heterocycles. The molecule has 0 radical (unpaired) electrons. The maximum absolute atomic E-state index is 13.4. The summed E-state index contributed by atoms with van der Waals surface area (Å²) in [6, 6.07) is 4.31. The third-order valence-corrected chi connectivity index (χ3v) is 5.40. The summed E-state index contributed by atoms with van der Waals surface area (Å²) in [5.41, 5.74) is 1.80. The Labute approximate surface area is 186 Å². The third-order valence-electron chi connectivity index (χ3n) is 5.40. The van der Waals surface area contributed by atoms with E-state index in [1.807, 2.05) is 0 Å². The Morgan fingerprint density at radius 1 is 1.25 bits per heavy atom. The van der Waals surface area contributed by atoms with Gasteiger partial charge in [0.15, 0.2) is 5.78 Å². The first kappa shape index (κ1) is 24.5. The molecule has 32 heavy (non-hydrogen) atoms. The summed E-state index contributed by atoms with van der Waals surface area (Å²) in [6.07, 6.45) is 1.50. The molecular formula is C23H27N3O6. The molecular weight excluding hydrogens is 414 g/mol. The lowest BCUT2D eigenvalue weighted by Crippen LogP contribution is -2.43. The first-order valence-corrected chi connectivity index (χ1v) is 10.1. The number of aromatic nitrogens is 1. The molecule has 2 aromatic rings. The number of ketones is 1. The summed E-state index contributed by atoms with van der Waals surface area (Å²) in [5, 5.41) is 10.9. The molecule has 1 atom stereocenters. The molecule has 0 saturated carbocycles. The molecule has 2 rings (SSSR count). The number of Topliss-reactive ketones (excluding diaryl/α,β-unsaturated/α-hetero) is 1. The van der Waals surface area contributed by atoms with Crippen molar-refractivity contribution in [2.75, 3.05) is 13.2 Å². The standard InChI is InChI=1S/C23H27N3O6/c1-7-13-25(22(28)17-9-11-18(12-10-17)26(30)31)16(5)21(27)19-14(3)20(23(29)32-8-2)24(6)15(19)4/h7,9-12,16H,1,8,13H2,2-6H3. The van der Waals surface area contributed by atoms with Crippen LogP contribution in [0.5, 0.6) is 0 Å². The zero-order chi connectivity index (χ0) is 24.2. The highest BCUT2D eigenvalue weighted by atomic mass is 16.6. The monoisotopic (exact) mass is 441 g/mol. The molecule has 0 aliphatic heterocycles. The van der Waals surface area contributed by atoms with E-state index in [0.717, 1.165) is 0 Å². The number of carbonyl (C=O) groups is 3. The maximum Gasteiger partial charge on any atom is 0.355 e. The Morgan fingerprint density at radius 3 is 2.34 bits per heavy atom. The Hall–Kier alpha value is -3.75. The molecule has 9 nitrogen and oxygen atoms in total.